The van der Waals surface area contributed by atoms with Gasteiger partial charge >= 0.3 is 19.8 Å². The number of hydrogen-bond donors (Lipinski definition) is 4. The van der Waals surface area contributed by atoms with E-state index in [1.165, 1.54) is 70.6 Å². The van der Waals surface area contributed by atoms with Crippen LogP contribution < -0.4 is 5.32 Å². The summed E-state index contributed by atoms with van der Waals surface area (Å²) in [4.78, 5) is 46.0. The molecule has 12 heteroatoms. The van der Waals surface area contributed by atoms with Crippen LogP contribution in [-0.4, -0.2) is 64.9 Å². The third-order valence-electron chi connectivity index (χ3n) is 10.0. The lowest BCUT2D eigenvalue weighted by Crippen LogP contribution is -2.43. The van der Waals surface area contributed by atoms with E-state index in [0.717, 1.165) is 89.9 Å². The molecular weight excluding hydrogens is 794 g/mol. The number of carbonyl (C=O) groups excluding carboxylic acids is 2. The number of phosphoric ester groups is 1. The molecule has 352 valence electrons. The number of aliphatic carboxylic acids is 1. The second-order valence-electron chi connectivity index (χ2n) is 15.9. The molecule has 0 fully saturated rings. The van der Waals surface area contributed by atoms with Crippen molar-refractivity contribution in [2.45, 2.75) is 212 Å². The molecule has 0 saturated carbocycles. The first kappa shape index (κ1) is 58.2. The maximum absolute atomic E-state index is 12.3. The molecular formula is C49H86NO10P. The van der Waals surface area contributed by atoms with E-state index in [1.54, 1.807) is 0 Å². The number of hydrogen-bond acceptors (Lipinski definition) is 8. The van der Waals surface area contributed by atoms with E-state index in [0.29, 0.717) is 12.8 Å². The average molecular weight is 880 g/mol. The summed E-state index contributed by atoms with van der Waals surface area (Å²) in [7, 11) is -4.77. The Kier molecular flexibility index (Phi) is 41.8. The SMILES string of the molecule is CCCCC/C=C\C/C=C\C/C=C\CCCCCCCCCCC(=O)NC(COP(=O)(O)OCC(O)COC(=O)CCCCCCC/C=C\C/C=C\CCCCCC)C(=O)O. The lowest BCUT2D eigenvalue weighted by Gasteiger charge is -2.18. The number of esters is 1. The van der Waals surface area contributed by atoms with Gasteiger partial charge in [-0.05, 0) is 83.5 Å². The second kappa shape index (κ2) is 43.8. The van der Waals surface area contributed by atoms with Crippen LogP contribution in [0.15, 0.2) is 60.8 Å². The Balaban J connectivity index is 3.91. The molecule has 0 aliphatic heterocycles. The normalized spacial score (nSPS) is 14.2. The number of carboxylic acids is 1. The summed E-state index contributed by atoms with van der Waals surface area (Å²) in [6, 6.07) is -1.56. The van der Waals surface area contributed by atoms with Crippen LogP contribution in [0.2, 0.25) is 0 Å². The summed E-state index contributed by atoms with van der Waals surface area (Å²) in [5, 5.41) is 21.9. The number of amides is 1. The van der Waals surface area contributed by atoms with Gasteiger partial charge < -0.3 is 25.2 Å². The number of carboxylic acid groups (broad SMARTS) is 1. The molecule has 4 N–H and O–H groups in total. The maximum atomic E-state index is 12.3. The molecule has 0 spiro atoms. The van der Waals surface area contributed by atoms with Crippen molar-refractivity contribution in [3.63, 3.8) is 0 Å². The summed E-state index contributed by atoms with van der Waals surface area (Å²) >= 11 is 0. The predicted molar refractivity (Wildman–Crippen MR) is 249 cm³/mol. The van der Waals surface area contributed by atoms with E-state index in [-0.39, 0.29) is 12.8 Å². The van der Waals surface area contributed by atoms with Crippen LogP contribution in [0.25, 0.3) is 0 Å². The summed E-state index contributed by atoms with van der Waals surface area (Å²) in [5.74, 6) is -2.40. The van der Waals surface area contributed by atoms with Gasteiger partial charge in [-0.1, -0.05) is 164 Å². The number of aliphatic hydroxyl groups excluding tert-OH is 1. The number of aliphatic hydroxyl groups is 1. The number of unbranched alkanes of at least 4 members (excludes halogenated alkanes) is 20. The minimum absolute atomic E-state index is 0.134. The van der Waals surface area contributed by atoms with Gasteiger partial charge in [-0.2, -0.15) is 0 Å². The highest BCUT2D eigenvalue weighted by atomic mass is 31.2. The molecule has 0 aliphatic rings. The van der Waals surface area contributed by atoms with Gasteiger partial charge in [0, 0.05) is 12.8 Å². The van der Waals surface area contributed by atoms with Crippen molar-refractivity contribution < 1.29 is 47.8 Å². The van der Waals surface area contributed by atoms with Gasteiger partial charge in [0.2, 0.25) is 5.91 Å². The highest BCUT2D eigenvalue weighted by Crippen LogP contribution is 2.43. The number of rotatable bonds is 44. The van der Waals surface area contributed by atoms with E-state index in [9.17, 15) is 34.1 Å². The average Bonchev–Trinajstić information content (AvgIpc) is 3.24. The number of allylic oxidation sites excluding steroid dienone is 10. The smallest absolute Gasteiger partial charge is 0.472 e. The van der Waals surface area contributed by atoms with Crippen LogP contribution in [-0.2, 0) is 32.7 Å². The van der Waals surface area contributed by atoms with Crippen LogP contribution in [0.3, 0.4) is 0 Å². The largest absolute Gasteiger partial charge is 0.480 e. The highest BCUT2D eigenvalue weighted by Gasteiger charge is 2.28. The van der Waals surface area contributed by atoms with Crippen molar-refractivity contribution in [1.29, 1.82) is 0 Å². The van der Waals surface area contributed by atoms with Gasteiger partial charge in [-0.25, -0.2) is 9.36 Å². The second-order valence-corrected chi connectivity index (χ2v) is 17.4. The molecule has 0 bridgehead atoms. The Morgan fingerprint density at radius 3 is 1.38 bits per heavy atom. The fourth-order valence-electron chi connectivity index (χ4n) is 6.29. The van der Waals surface area contributed by atoms with Crippen molar-refractivity contribution in [2.75, 3.05) is 19.8 Å². The molecule has 0 heterocycles. The van der Waals surface area contributed by atoms with Crippen molar-refractivity contribution in [1.82, 2.24) is 5.32 Å². The first-order valence-corrected chi connectivity index (χ1v) is 25.3. The highest BCUT2D eigenvalue weighted by molar-refractivity contribution is 7.47. The van der Waals surface area contributed by atoms with Crippen molar-refractivity contribution in [2.24, 2.45) is 0 Å². The number of phosphoric acid groups is 1. The van der Waals surface area contributed by atoms with Gasteiger partial charge in [0.05, 0.1) is 13.2 Å². The zero-order chi connectivity index (χ0) is 44.9. The van der Waals surface area contributed by atoms with E-state index in [4.69, 9.17) is 13.8 Å². The molecule has 0 aromatic heterocycles. The molecule has 0 aromatic rings. The first-order valence-electron chi connectivity index (χ1n) is 23.8. The van der Waals surface area contributed by atoms with Crippen LogP contribution in [0, 0.1) is 0 Å². The number of ether oxygens (including phenoxy) is 1. The van der Waals surface area contributed by atoms with Crippen LogP contribution in [0.4, 0.5) is 0 Å². The Bertz CT molecular complexity index is 1260. The minimum atomic E-state index is -4.77. The molecule has 11 nitrogen and oxygen atoms in total. The van der Waals surface area contributed by atoms with Crippen molar-refractivity contribution in [3.05, 3.63) is 60.8 Å². The maximum Gasteiger partial charge on any atom is 0.472 e. The summed E-state index contributed by atoms with van der Waals surface area (Å²) < 4.78 is 26.9. The zero-order valence-corrected chi connectivity index (χ0v) is 39.1. The lowest BCUT2D eigenvalue weighted by molar-refractivity contribution is -0.147. The van der Waals surface area contributed by atoms with Gasteiger partial charge in [0.15, 0.2) is 6.04 Å². The quantitative estimate of drug-likeness (QED) is 0.0200. The van der Waals surface area contributed by atoms with E-state index in [2.05, 4.69) is 79.9 Å². The Hall–Kier alpha value is -2.82. The molecule has 0 aliphatic carbocycles. The fourth-order valence-corrected chi connectivity index (χ4v) is 7.07. The summed E-state index contributed by atoms with van der Waals surface area (Å²) in [5.41, 5.74) is 0. The van der Waals surface area contributed by atoms with Crippen LogP contribution in [0.1, 0.15) is 200 Å². The molecule has 3 unspecified atom stereocenters. The van der Waals surface area contributed by atoms with Gasteiger partial charge in [-0.3, -0.25) is 18.6 Å². The standard InChI is InChI=1S/C49H86NO10P/c1-3-5-7-9-11-13-15-17-19-21-22-23-24-25-26-28-30-32-34-36-38-40-47(52)50-46(49(54)55)44-60-61(56,57)59-43-45(51)42-58-48(53)41-39-37-35-33-31-29-27-20-18-16-14-12-10-8-6-4-2/h11,13-14,16-17,19-20,22-23,27,45-46,51H,3-10,12,15,18,21,24-26,28-44H2,1-2H3,(H,50,52)(H,54,55)(H,56,57)/b13-11-,16-14-,19-17-,23-22-,27-20-. The molecule has 61 heavy (non-hydrogen) atoms. The Morgan fingerprint density at radius 2 is 0.902 bits per heavy atom. The molecule has 1 amide bonds. The lowest BCUT2D eigenvalue weighted by atomic mass is 10.1. The summed E-state index contributed by atoms with van der Waals surface area (Å²) in [6.07, 6.45) is 50.9. The van der Waals surface area contributed by atoms with Crippen molar-refractivity contribution in [3.8, 4) is 0 Å². The molecule has 0 aromatic carbocycles. The zero-order valence-electron chi connectivity index (χ0n) is 38.2. The summed E-state index contributed by atoms with van der Waals surface area (Å²) in [6.45, 7) is 2.54. The fraction of sp³-hybridized carbons (Fsp3) is 0.735. The van der Waals surface area contributed by atoms with Gasteiger partial charge in [0.25, 0.3) is 0 Å². The Labute approximate surface area is 370 Å². The molecule has 3 atom stereocenters. The van der Waals surface area contributed by atoms with E-state index >= 15 is 0 Å². The minimum Gasteiger partial charge on any atom is -0.480 e. The van der Waals surface area contributed by atoms with Crippen LogP contribution >= 0.6 is 7.82 Å². The third-order valence-corrected chi connectivity index (χ3v) is 11.0. The number of carbonyl (C=O) groups is 3. The van der Waals surface area contributed by atoms with Gasteiger partial charge in [0.1, 0.15) is 12.7 Å². The third kappa shape index (κ3) is 43.6. The monoisotopic (exact) mass is 880 g/mol. The Morgan fingerprint density at radius 1 is 0.525 bits per heavy atom. The van der Waals surface area contributed by atoms with E-state index in [1.807, 2.05) is 0 Å². The number of nitrogens with one attached hydrogen (secondary N) is 1. The molecule has 0 radical (unpaired) electrons. The topological polar surface area (TPSA) is 169 Å². The van der Waals surface area contributed by atoms with Gasteiger partial charge in [-0.15, -0.1) is 0 Å². The molecule has 0 rings (SSSR count). The van der Waals surface area contributed by atoms with E-state index < -0.39 is 57.6 Å². The van der Waals surface area contributed by atoms with Crippen molar-refractivity contribution >= 4 is 25.7 Å². The molecule has 0 saturated heterocycles. The first-order chi connectivity index (χ1) is 29.6. The predicted octanol–water partition coefficient (Wildman–Crippen LogP) is 12.7. The van der Waals surface area contributed by atoms with Crippen LogP contribution in [0.5, 0.6) is 0 Å².